The molecule has 0 unspecified atom stereocenters. The SMILES string of the molecule is Fc1ccc(OCCNC2CC2)cc1Br. The Morgan fingerprint density at radius 1 is 1.47 bits per heavy atom. The maximum atomic E-state index is 12.9. The minimum absolute atomic E-state index is 0.265. The normalized spacial score (nSPS) is 15.3. The van der Waals surface area contributed by atoms with Crippen molar-refractivity contribution in [1.82, 2.24) is 5.32 Å². The number of ether oxygens (including phenoxy) is 1. The Morgan fingerprint density at radius 3 is 2.93 bits per heavy atom. The van der Waals surface area contributed by atoms with Crippen LogP contribution in [-0.4, -0.2) is 19.2 Å². The Morgan fingerprint density at radius 2 is 2.27 bits per heavy atom. The monoisotopic (exact) mass is 273 g/mol. The summed E-state index contributed by atoms with van der Waals surface area (Å²) in [5.41, 5.74) is 0. The average Bonchev–Trinajstić information content (AvgIpc) is 3.02. The molecule has 0 bridgehead atoms. The summed E-state index contributed by atoms with van der Waals surface area (Å²) in [7, 11) is 0. The standard InChI is InChI=1S/C11H13BrFNO/c12-10-7-9(3-4-11(10)13)15-6-5-14-8-1-2-8/h3-4,7-8,14H,1-2,5-6H2. The fourth-order valence-electron chi connectivity index (χ4n) is 1.29. The van der Waals surface area contributed by atoms with E-state index in [-0.39, 0.29) is 5.82 Å². The van der Waals surface area contributed by atoms with Crippen molar-refractivity contribution in [2.45, 2.75) is 18.9 Å². The van der Waals surface area contributed by atoms with Crippen LogP contribution in [0, 0.1) is 5.82 Å². The largest absolute Gasteiger partial charge is 0.492 e. The fraction of sp³-hybridized carbons (Fsp3) is 0.455. The Kier molecular flexibility index (Phi) is 3.59. The van der Waals surface area contributed by atoms with Gasteiger partial charge >= 0.3 is 0 Å². The number of benzene rings is 1. The molecule has 1 aromatic rings. The molecule has 0 heterocycles. The molecule has 1 saturated carbocycles. The van der Waals surface area contributed by atoms with Crippen LogP contribution in [0.25, 0.3) is 0 Å². The van der Waals surface area contributed by atoms with Gasteiger partial charge in [-0.15, -0.1) is 0 Å². The van der Waals surface area contributed by atoms with Gasteiger partial charge in [-0.2, -0.15) is 0 Å². The van der Waals surface area contributed by atoms with E-state index in [1.165, 1.54) is 18.9 Å². The van der Waals surface area contributed by atoms with Crippen LogP contribution in [0.5, 0.6) is 5.75 Å². The summed E-state index contributed by atoms with van der Waals surface area (Å²) in [6.07, 6.45) is 2.56. The van der Waals surface area contributed by atoms with Crippen molar-refractivity contribution in [3.63, 3.8) is 0 Å². The Labute approximate surface area is 96.9 Å². The lowest BCUT2D eigenvalue weighted by molar-refractivity contribution is 0.312. The van der Waals surface area contributed by atoms with E-state index < -0.39 is 0 Å². The van der Waals surface area contributed by atoms with Crippen LogP contribution in [-0.2, 0) is 0 Å². The fourth-order valence-corrected chi connectivity index (χ4v) is 1.64. The highest BCUT2D eigenvalue weighted by molar-refractivity contribution is 9.10. The predicted molar refractivity (Wildman–Crippen MR) is 60.6 cm³/mol. The zero-order chi connectivity index (χ0) is 10.7. The molecule has 1 aliphatic rings. The van der Waals surface area contributed by atoms with E-state index in [4.69, 9.17) is 4.74 Å². The van der Waals surface area contributed by atoms with E-state index in [0.717, 1.165) is 6.54 Å². The summed E-state index contributed by atoms with van der Waals surface area (Å²) >= 11 is 3.12. The summed E-state index contributed by atoms with van der Waals surface area (Å²) < 4.78 is 18.8. The van der Waals surface area contributed by atoms with E-state index in [1.807, 2.05) is 0 Å². The lowest BCUT2D eigenvalue weighted by atomic mass is 10.3. The van der Waals surface area contributed by atoms with Gasteiger partial charge in [-0.05, 0) is 47.0 Å². The summed E-state index contributed by atoms with van der Waals surface area (Å²) in [6, 6.07) is 5.38. The maximum Gasteiger partial charge on any atom is 0.137 e. The van der Waals surface area contributed by atoms with Crippen LogP contribution in [0.4, 0.5) is 4.39 Å². The van der Waals surface area contributed by atoms with E-state index in [9.17, 15) is 4.39 Å². The van der Waals surface area contributed by atoms with E-state index in [2.05, 4.69) is 21.2 Å². The predicted octanol–water partition coefficient (Wildman–Crippen LogP) is 2.72. The van der Waals surface area contributed by atoms with Gasteiger partial charge in [-0.3, -0.25) is 0 Å². The lowest BCUT2D eigenvalue weighted by Gasteiger charge is -2.07. The second-order valence-corrected chi connectivity index (χ2v) is 4.51. The first-order chi connectivity index (χ1) is 7.25. The van der Waals surface area contributed by atoms with Gasteiger partial charge in [-0.25, -0.2) is 4.39 Å². The van der Waals surface area contributed by atoms with Gasteiger partial charge in [0, 0.05) is 12.6 Å². The maximum absolute atomic E-state index is 12.9. The van der Waals surface area contributed by atoms with Gasteiger partial charge in [-0.1, -0.05) is 0 Å². The summed E-state index contributed by atoms with van der Waals surface area (Å²) in [5, 5.41) is 3.34. The summed E-state index contributed by atoms with van der Waals surface area (Å²) in [4.78, 5) is 0. The van der Waals surface area contributed by atoms with Gasteiger partial charge in [0.15, 0.2) is 0 Å². The smallest absolute Gasteiger partial charge is 0.137 e. The second kappa shape index (κ2) is 4.94. The summed E-state index contributed by atoms with van der Waals surface area (Å²) in [5.74, 6) is 0.430. The first-order valence-corrected chi connectivity index (χ1v) is 5.86. The highest BCUT2D eigenvalue weighted by Crippen LogP contribution is 2.21. The van der Waals surface area contributed by atoms with Crippen molar-refractivity contribution in [3.8, 4) is 5.75 Å². The molecule has 4 heteroatoms. The molecule has 1 aliphatic carbocycles. The third-order valence-corrected chi connectivity index (χ3v) is 2.88. The van der Waals surface area contributed by atoms with Crippen molar-refractivity contribution < 1.29 is 9.13 Å². The van der Waals surface area contributed by atoms with Crippen molar-refractivity contribution in [1.29, 1.82) is 0 Å². The molecule has 2 rings (SSSR count). The molecular weight excluding hydrogens is 261 g/mol. The van der Waals surface area contributed by atoms with Gasteiger partial charge in [0.05, 0.1) is 4.47 Å². The molecule has 2 nitrogen and oxygen atoms in total. The number of halogens is 2. The zero-order valence-electron chi connectivity index (χ0n) is 8.30. The highest BCUT2D eigenvalue weighted by Gasteiger charge is 2.19. The van der Waals surface area contributed by atoms with Crippen LogP contribution < -0.4 is 10.1 Å². The second-order valence-electron chi connectivity index (χ2n) is 3.65. The van der Waals surface area contributed by atoms with E-state index in [0.29, 0.717) is 22.9 Å². The lowest BCUT2D eigenvalue weighted by Crippen LogP contribution is -2.22. The van der Waals surface area contributed by atoms with Crippen molar-refractivity contribution >= 4 is 15.9 Å². The molecule has 1 aromatic carbocycles. The minimum atomic E-state index is -0.265. The molecule has 0 amide bonds. The first-order valence-electron chi connectivity index (χ1n) is 5.07. The third kappa shape index (κ3) is 3.47. The third-order valence-electron chi connectivity index (χ3n) is 2.27. The average molecular weight is 274 g/mol. The van der Waals surface area contributed by atoms with Crippen LogP contribution in [0.1, 0.15) is 12.8 Å². The quantitative estimate of drug-likeness (QED) is 0.833. The Hall–Kier alpha value is -0.610. The van der Waals surface area contributed by atoms with Crippen molar-refractivity contribution in [2.24, 2.45) is 0 Å². The van der Waals surface area contributed by atoms with Gasteiger partial charge in [0.2, 0.25) is 0 Å². The number of hydrogen-bond acceptors (Lipinski definition) is 2. The first kappa shape index (κ1) is 10.9. The Bertz CT molecular complexity index is 341. The number of hydrogen-bond donors (Lipinski definition) is 1. The van der Waals surface area contributed by atoms with E-state index in [1.54, 1.807) is 12.1 Å². The minimum Gasteiger partial charge on any atom is -0.492 e. The molecule has 0 atom stereocenters. The molecular formula is C11H13BrFNO. The van der Waals surface area contributed by atoms with Gasteiger partial charge < -0.3 is 10.1 Å². The van der Waals surface area contributed by atoms with Crippen LogP contribution >= 0.6 is 15.9 Å². The highest BCUT2D eigenvalue weighted by atomic mass is 79.9. The molecule has 0 aromatic heterocycles. The molecule has 1 N–H and O–H groups in total. The van der Waals surface area contributed by atoms with Gasteiger partial charge in [0.25, 0.3) is 0 Å². The van der Waals surface area contributed by atoms with Crippen LogP contribution in [0.3, 0.4) is 0 Å². The zero-order valence-corrected chi connectivity index (χ0v) is 9.89. The summed E-state index contributed by atoms with van der Waals surface area (Å²) in [6.45, 7) is 1.47. The van der Waals surface area contributed by atoms with Crippen LogP contribution in [0.15, 0.2) is 22.7 Å². The molecule has 15 heavy (non-hydrogen) atoms. The molecule has 0 saturated heterocycles. The number of nitrogens with one attached hydrogen (secondary N) is 1. The van der Waals surface area contributed by atoms with E-state index >= 15 is 0 Å². The van der Waals surface area contributed by atoms with Crippen molar-refractivity contribution in [2.75, 3.05) is 13.2 Å². The topological polar surface area (TPSA) is 21.3 Å². The Balaban J connectivity index is 1.74. The van der Waals surface area contributed by atoms with Gasteiger partial charge in [0.1, 0.15) is 18.2 Å². The molecule has 0 spiro atoms. The molecule has 82 valence electrons. The van der Waals surface area contributed by atoms with Crippen molar-refractivity contribution in [3.05, 3.63) is 28.5 Å². The molecule has 0 radical (unpaired) electrons. The molecule has 1 fully saturated rings. The van der Waals surface area contributed by atoms with Crippen LogP contribution in [0.2, 0.25) is 0 Å². The number of rotatable bonds is 5. The molecule has 0 aliphatic heterocycles.